The van der Waals surface area contributed by atoms with E-state index in [0.29, 0.717) is 11.8 Å². The van der Waals surface area contributed by atoms with Gasteiger partial charge in [0, 0.05) is 0 Å². The minimum absolute atomic E-state index is 0.313. The predicted octanol–water partition coefficient (Wildman–Crippen LogP) is 4.00. The van der Waals surface area contributed by atoms with E-state index in [-0.39, 0.29) is 5.60 Å². The van der Waals surface area contributed by atoms with E-state index in [1.807, 2.05) is 0 Å². The first kappa shape index (κ1) is 12.4. The maximum absolute atomic E-state index is 10.9. The summed E-state index contributed by atoms with van der Waals surface area (Å²) in [5.74, 6) is 3.00. The number of hydrogen-bond acceptors (Lipinski definition) is 1. The largest absolute Gasteiger partial charge is 0.390 e. The van der Waals surface area contributed by atoms with Gasteiger partial charge in [0.15, 0.2) is 0 Å². The van der Waals surface area contributed by atoms with E-state index < -0.39 is 0 Å². The lowest BCUT2D eigenvalue weighted by molar-refractivity contribution is -0.0875. The van der Waals surface area contributed by atoms with E-state index in [1.165, 1.54) is 32.1 Å². The predicted molar refractivity (Wildman–Crippen MR) is 68.3 cm³/mol. The fourth-order valence-electron chi connectivity index (χ4n) is 3.79. The van der Waals surface area contributed by atoms with Gasteiger partial charge in [0.1, 0.15) is 0 Å². The molecule has 0 spiro atoms. The third kappa shape index (κ3) is 2.45. The highest BCUT2D eigenvalue weighted by atomic mass is 16.3. The first-order valence-electron chi connectivity index (χ1n) is 7.23. The second kappa shape index (κ2) is 4.68. The summed E-state index contributed by atoms with van der Waals surface area (Å²) in [6, 6.07) is 0. The Balaban J connectivity index is 1.97. The Labute approximate surface area is 101 Å². The normalized spacial score (nSPS) is 50.2. The molecule has 3 unspecified atom stereocenters. The molecule has 0 bridgehead atoms. The van der Waals surface area contributed by atoms with Crippen LogP contribution in [0.15, 0.2) is 0 Å². The van der Waals surface area contributed by atoms with Crippen LogP contribution in [0.5, 0.6) is 0 Å². The molecule has 1 heteroatoms. The first-order chi connectivity index (χ1) is 7.51. The zero-order valence-electron chi connectivity index (χ0n) is 11.2. The summed E-state index contributed by atoms with van der Waals surface area (Å²) >= 11 is 0. The van der Waals surface area contributed by atoms with Gasteiger partial charge in [-0.2, -0.15) is 0 Å². The van der Waals surface area contributed by atoms with Crippen LogP contribution in [0.2, 0.25) is 0 Å². The second-order valence-corrected chi connectivity index (χ2v) is 6.76. The molecule has 0 aromatic rings. The molecular formula is C15H28O. The van der Waals surface area contributed by atoms with Crippen LogP contribution in [0.25, 0.3) is 0 Å². The minimum Gasteiger partial charge on any atom is -0.390 e. The Kier molecular flexibility index (Phi) is 3.63. The average molecular weight is 224 g/mol. The monoisotopic (exact) mass is 224 g/mol. The molecule has 0 amide bonds. The van der Waals surface area contributed by atoms with Crippen LogP contribution >= 0.6 is 0 Å². The molecule has 2 aliphatic carbocycles. The van der Waals surface area contributed by atoms with E-state index in [9.17, 15) is 5.11 Å². The summed E-state index contributed by atoms with van der Waals surface area (Å²) < 4.78 is 0. The van der Waals surface area contributed by atoms with E-state index in [0.717, 1.165) is 24.7 Å². The van der Waals surface area contributed by atoms with Crippen LogP contribution < -0.4 is 0 Å². The molecule has 2 rings (SSSR count). The van der Waals surface area contributed by atoms with Crippen LogP contribution in [0.3, 0.4) is 0 Å². The fourth-order valence-corrected chi connectivity index (χ4v) is 3.79. The van der Waals surface area contributed by atoms with Gasteiger partial charge < -0.3 is 5.11 Å². The van der Waals surface area contributed by atoms with E-state index in [2.05, 4.69) is 20.8 Å². The third-order valence-electron chi connectivity index (χ3n) is 5.46. The van der Waals surface area contributed by atoms with Crippen molar-refractivity contribution in [3.63, 3.8) is 0 Å². The Hall–Kier alpha value is -0.0400. The van der Waals surface area contributed by atoms with Gasteiger partial charge in [-0.05, 0) is 55.8 Å². The zero-order valence-corrected chi connectivity index (χ0v) is 11.2. The molecule has 0 aromatic carbocycles. The molecular weight excluding hydrogens is 196 g/mol. The minimum atomic E-state index is -0.313. The lowest BCUT2D eigenvalue weighted by atomic mass is 9.64. The molecule has 0 aromatic heterocycles. The molecule has 2 fully saturated rings. The highest BCUT2D eigenvalue weighted by Crippen LogP contribution is 2.45. The molecule has 0 aliphatic heterocycles. The third-order valence-corrected chi connectivity index (χ3v) is 5.46. The van der Waals surface area contributed by atoms with Gasteiger partial charge in [-0.1, -0.05) is 33.6 Å². The molecule has 0 radical (unpaired) electrons. The van der Waals surface area contributed by atoms with Crippen molar-refractivity contribution in [1.29, 1.82) is 0 Å². The van der Waals surface area contributed by atoms with Crippen LogP contribution in [0.1, 0.15) is 65.7 Å². The number of hydrogen-bond donors (Lipinski definition) is 1. The Morgan fingerprint density at radius 2 is 1.50 bits per heavy atom. The molecule has 2 saturated carbocycles. The van der Waals surface area contributed by atoms with Crippen molar-refractivity contribution in [2.24, 2.45) is 23.7 Å². The van der Waals surface area contributed by atoms with Gasteiger partial charge in [0.2, 0.25) is 0 Å². The number of rotatable bonds is 1. The molecule has 1 N–H and O–H groups in total. The topological polar surface area (TPSA) is 20.2 Å². The summed E-state index contributed by atoms with van der Waals surface area (Å²) in [6.45, 7) is 7.01. The Morgan fingerprint density at radius 1 is 0.875 bits per heavy atom. The van der Waals surface area contributed by atoms with Crippen molar-refractivity contribution in [3.05, 3.63) is 0 Å². The summed E-state index contributed by atoms with van der Waals surface area (Å²) in [5.41, 5.74) is -0.313. The van der Waals surface area contributed by atoms with Gasteiger partial charge in [-0.15, -0.1) is 0 Å². The van der Waals surface area contributed by atoms with Gasteiger partial charge >= 0.3 is 0 Å². The highest BCUT2D eigenvalue weighted by molar-refractivity contribution is 4.94. The van der Waals surface area contributed by atoms with Gasteiger partial charge in [0.05, 0.1) is 5.60 Å². The van der Waals surface area contributed by atoms with Gasteiger partial charge in [0.25, 0.3) is 0 Å². The van der Waals surface area contributed by atoms with E-state index in [1.54, 1.807) is 0 Å². The second-order valence-electron chi connectivity index (χ2n) is 6.76. The van der Waals surface area contributed by atoms with Crippen LogP contribution in [-0.4, -0.2) is 10.7 Å². The Morgan fingerprint density at radius 3 is 2.06 bits per heavy atom. The van der Waals surface area contributed by atoms with Crippen molar-refractivity contribution in [3.8, 4) is 0 Å². The summed E-state index contributed by atoms with van der Waals surface area (Å²) in [4.78, 5) is 0. The Bertz CT molecular complexity index is 230. The SMILES string of the molecule is CC1CCC(C2(O)CCC(C)C(C)C2)CC1. The van der Waals surface area contributed by atoms with E-state index >= 15 is 0 Å². The molecule has 0 saturated heterocycles. The first-order valence-corrected chi connectivity index (χ1v) is 7.23. The lowest BCUT2D eigenvalue weighted by Crippen LogP contribution is -2.45. The van der Waals surface area contributed by atoms with Crippen molar-refractivity contribution in [2.45, 2.75) is 71.3 Å². The van der Waals surface area contributed by atoms with Crippen LogP contribution in [-0.2, 0) is 0 Å². The number of aliphatic hydroxyl groups is 1. The summed E-state index contributed by atoms with van der Waals surface area (Å²) in [5, 5.41) is 10.9. The molecule has 1 nitrogen and oxygen atoms in total. The standard InChI is InChI=1S/C15H28O/c1-11-4-6-14(7-5-11)15(16)9-8-12(2)13(3)10-15/h11-14,16H,4-10H2,1-3H3. The molecule has 16 heavy (non-hydrogen) atoms. The average Bonchev–Trinajstić information content (AvgIpc) is 2.25. The lowest BCUT2D eigenvalue weighted by Gasteiger charge is -2.46. The maximum Gasteiger partial charge on any atom is 0.0678 e. The fraction of sp³-hybridized carbons (Fsp3) is 1.00. The van der Waals surface area contributed by atoms with Crippen molar-refractivity contribution < 1.29 is 5.11 Å². The van der Waals surface area contributed by atoms with Crippen molar-refractivity contribution in [1.82, 2.24) is 0 Å². The molecule has 94 valence electrons. The van der Waals surface area contributed by atoms with Crippen molar-refractivity contribution in [2.75, 3.05) is 0 Å². The summed E-state index contributed by atoms with van der Waals surface area (Å²) in [6.07, 6.45) is 8.51. The molecule has 3 atom stereocenters. The zero-order chi connectivity index (χ0) is 11.8. The van der Waals surface area contributed by atoms with Gasteiger partial charge in [-0.3, -0.25) is 0 Å². The van der Waals surface area contributed by atoms with Gasteiger partial charge in [-0.25, -0.2) is 0 Å². The summed E-state index contributed by atoms with van der Waals surface area (Å²) in [7, 11) is 0. The molecule has 2 aliphatic rings. The smallest absolute Gasteiger partial charge is 0.0678 e. The van der Waals surface area contributed by atoms with E-state index in [4.69, 9.17) is 0 Å². The highest BCUT2D eigenvalue weighted by Gasteiger charge is 2.42. The quantitative estimate of drug-likeness (QED) is 0.714. The molecule has 0 heterocycles. The van der Waals surface area contributed by atoms with Crippen LogP contribution in [0.4, 0.5) is 0 Å². The van der Waals surface area contributed by atoms with Crippen LogP contribution in [0, 0.1) is 23.7 Å². The maximum atomic E-state index is 10.9. The van der Waals surface area contributed by atoms with Crippen molar-refractivity contribution >= 4 is 0 Å².